The van der Waals surface area contributed by atoms with Crippen LogP contribution in [0.1, 0.15) is 30.8 Å². The van der Waals surface area contributed by atoms with Gasteiger partial charge < -0.3 is 14.8 Å². The van der Waals surface area contributed by atoms with Gasteiger partial charge in [0, 0.05) is 43.7 Å². The number of ether oxygens (including phenoxy) is 2. The summed E-state index contributed by atoms with van der Waals surface area (Å²) in [4.78, 5) is 23.5. The summed E-state index contributed by atoms with van der Waals surface area (Å²) >= 11 is 0. The first kappa shape index (κ1) is 25.3. The highest BCUT2D eigenvalue weighted by Gasteiger charge is 2.13. The van der Waals surface area contributed by atoms with Gasteiger partial charge in [0.05, 0.1) is 30.2 Å². The summed E-state index contributed by atoms with van der Waals surface area (Å²) < 4.78 is 11.3. The molecule has 36 heavy (non-hydrogen) atoms. The van der Waals surface area contributed by atoms with Gasteiger partial charge in [-0.2, -0.15) is 5.26 Å². The molecule has 2 heterocycles. The first-order valence-electron chi connectivity index (χ1n) is 12.2. The third-order valence-corrected chi connectivity index (χ3v) is 5.99. The van der Waals surface area contributed by atoms with E-state index in [0.29, 0.717) is 30.1 Å². The fourth-order valence-corrected chi connectivity index (χ4v) is 3.83. The highest BCUT2D eigenvalue weighted by atomic mass is 16.5. The summed E-state index contributed by atoms with van der Waals surface area (Å²) in [7, 11) is 0. The number of nitrogens with one attached hydrogen (secondary N) is 1. The zero-order valence-electron chi connectivity index (χ0n) is 20.7. The maximum absolute atomic E-state index is 12.0. The number of nitrogens with zero attached hydrogens (tertiary/aromatic N) is 4. The lowest BCUT2D eigenvalue weighted by Gasteiger charge is -2.26. The Balaban J connectivity index is 1.38. The number of anilines is 1. The Morgan fingerprint density at radius 1 is 1.17 bits per heavy atom. The monoisotopic (exact) mass is 485 g/mol. The van der Waals surface area contributed by atoms with Crippen molar-refractivity contribution in [2.24, 2.45) is 5.92 Å². The largest absolute Gasteiger partial charge is 0.492 e. The van der Waals surface area contributed by atoms with Gasteiger partial charge in [0.1, 0.15) is 24.3 Å². The van der Waals surface area contributed by atoms with Crippen molar-refractivity contribution < 1.29 is 14.3 Å². The molecular formula is C28H31N5O3. The maximum atomic E-state index is 12.0. The van der Waals surface area contributed by atoms with E-state index in [4.69, 9.17) is 14.5 Å². The predicted molar refractivity (Wildman–Crippen MR) is 138 cm³/mol. The summed E-state index contributed by atoms with van der Waals surface area (Å²) in [5.74, 6) is 1.23. The average molecular weight is 486 g/mol. The molecular weight excluding hydrogens is 454 g/mol. The molecule has 3 aromatic rings. The van der Waals surface area contributed by atoms with E-state index in [1.807, 2.05) is 50.2 Å². The summed E-state index contributed by atoms with van der Waals surface area (Å²) in [6.45, 7) is 8.66. The van der Waals surface area contributed by atoms with Gasteiger partial charge in [-0.1, -0.05) is 32.0 Å². The molecule has 1 saturated heterocycles. The summed E-state index contributed by atoms with van der Waals surface area (Å²) in [6.07, 6.45) is 2.30. The number of aromatic nitrogens is 2. The second-order valence-corrected chi connectivity index (χ2v) is 9.00. The molecule has 0 radical (unpaired) electrons. The van der Waals surface area contributed by atoms with Gasteiger partial charge in [-0.05, 0) is 35.9 Å². The van der Waals surface area contributed by atoms with Gasteiger partial charge in [0.2, 0.25) is 5.91 Å². The molecule has 0 spiro atoms. The van der Waals surface area contributed by atoms with Gasteiger partial charge in [-0.3, -0.25) is 9.69 Å². The third-order valence-electron chi connectivity index (χ3n) is 5.99. The number of carbonyl (C=O) groups excluding carboxylic acids is 1. The molecule has 186 valence electrons. The van der Waals surface area contributed by atoms with E-state index >= 15 is 0 Å². The number of nitriles is 1. The lowest BCUT2D eigenvalue weighted by Crippen LogP contribution is -2.38. The standard InChI is InChI=1S/C28H31N5O3/c1-20(2)28(34)32-25-8-5-22(18-23(25)19-29)26-9-10-30-27(31-26)17-21-3-6-24(7-4-21)36-16-13-33-11-14-35-15-12-33/h3-10,18,20H,11-17H2,1-2H3,(H,32,34). The predicted octanol–water partition coefficient (Wildman–Crippen LogP) is 3.91. The van der Waals surface area contributed by atoms with Crippen molar-refractivity contribution in [2.75, 3.05) is 44.8 Å². The second-order valence-electron chi connectivity index (χ2n) is 9.00. The molecule has 8 nitrogen and oxygen atoms in total. The van der Waals surface area contributed by atoms with Crippen molar-refractivity contribution in [3.8, 4) is 23.1 Å². The molecule has 1 aromatic heterocycles. The number of benzene rings is 2. The maximum Gasteiger partial charge on any atom is 0.226 e. The Morgan fingerprint density at radius 3 is 2.67 bits per heavy atom. The molecule has 0 atom stereocenters. The zero-order chi connectivity index (χ0) is 25.3. The SMILES string of the molecule is CC(C)C(=O)Nc1ccc(-c2ccnc(Cc3ccc(OCCN4CCOCC4)cc3)n2)cc1C#N. The molecule has 0 saturated carbocycles. The van der Waals surface area contributed by atoms with Gasteiger partial charge >= 0.3 is 0 Å². The molecule has 4 rings (SSSR count). The fourth-order valence-electron chi connectivity index (χ4n) is 3.83. The van der Waals surface area contributed by atoms with Crippen LogP contribution < -0.4 is 10.1 Å². The minimum absolute atomic E-state index is 0.128. The van der Waals surface area contributed by atoms with Gasteiger partial charge in [0.15, 0.2) is 0 Å². The van der Waals surface area contributed by atoms with Crippen LogP contribution in [0.5, 0.6) is 5.75 Å². The highest BCUT2D eigenvalue weighted by Crippen LogP contribution is 2.24. The lowest BCUT2D eigenvalue weighted by molar-refractivity contribution is -0.118. The van der Waals surface area contributed by atoms with Gasteiger partial charge in [0.25, 0.3) is 0 Å². The first-order chi connectivity index (χ1) is 17.5. The van der Waals surface area contributed by atoms with Crippen LogP contribution >= 0.6 is 0 Å². The van der Waals surface area contributed by atoms with Crippen LogP contribution in [0.4, 0.5) is 5.69 Å². The van der Waals surface area contributed by atoms with Gasteiger partial charge in [-0.25, -0.2) is 9.97 Å². The van der Waals surface area contributed by atoms with Crippen LogP contribution in [-0.4, -0.2) is 60.2 Å². The van der Waals surface area contributed by atoms with Crippen molar-refractivity contribution in [3.63, 3.8) is 0 Å². The molecule has 1 aliphatic heterocycles. The highest BCUT2D eigenvalue weighted by molar-refractivity contribution is 5.93. The van der Waals surface area contributed by atoms with E-state index < -0.39 is 0 Å². The molecule has 2 aromatic carbocycles. The number of morpholine rings is 1. The van der Waals surface area contributed by atoms with E-state index in [0.717, 1.165) is 55.4 Å². The Morgan fingerprint density at radius 2 is 1.94 bits per heavy atom. The molecule has 0 unspecified atom stereocenters. The summed E-state index contributed by atoms with van der Waals surface area (Å²) in [5, 5.41) is 12.4. The normalized spacial score (nSPS) is 13.8. The smallest absolute Gasteiger partial charge is 0.226 e. The molecule has 0 aliphatic carbocycles. The molecule has 1 aliphatic rings. The third kappa shape index (κ3) is 6.87. The fraction of sp³-hybridized carbons (Fsp3) is 0.357. The van der Waals surface area contributed by atoms with Crippen molar-refractivity contribution in [1.29, 1.82) is 5.26 Å². The Hall–Kier alpha value is -3.80. The number of rotatable bonds is 9. The first-order valence-corrected chi connectivity index (χ1v) is 12.2. The minimum atomic E-state index is -0.170. The van der Waals surface area contributed by atoms with Crippen LogP contribution in [0.15, 0.2) is 54.7 Å². The van der Waals surface area contributed by atoms with Crippen LogP contribution in [0, 0.1) is 17.2 Å². The van der Waals surface area contributed by atoms with Crippen molar-refractivity contribution in [3.05, 3.63) is 71.7 Å². The molecule has 8 heteroatoms. The summed E-state index contributed by atoms with van der Waals surface area (Å²) in [5.41, 5.74) is 3.49. The molecule has 1 N–H and O–H groups in total. The quantitative estimate of drug-likeness (QED) is 0.490. The van der Waals surface area contributed by atoms with Crippen LogP contribution in [-0.2, 0) is 16.0 Å². The van der Waals surface area contributed by atoms with E-state index in [9.17, 15) is 10.1 Å². The lowest BCUT2D eigenvalue weighted by atomic mass is 10.1. The van der Waals surface area contributed by atoms with E-state index in [2.05, 4.69) is 21.3 Å². The van der Waals surface area contributed by atoms with E-state index in [1.54, 1.807) is 18.3 Å². The van der Waals surface area contributed by atoms with Crippen LogP contribution in [0.2, 0.25) is 0 Å². The van der Waals surface area contributed by atoms with Crippen LogP contribution in [0.25, 0.3) is 11.3 Å². The van der Waals surface area contributed by atoms with E-state index in [-0.39, 0.29) is 11.8 Å². The van der Waals surface area contributed by atoms with E-state index in [1.165, 1.54) is 0 Å². The summed E-state index contributed by atoms with van der Waals surface area (Å²) in [6, 6.07) is 17.3. The number of amides is 1. The minimum Gasteiger partial charge on any atom is -0.492 e. The topological polar surface area (TPSA) is 100 Å². The number of hydrogen-bond donors (Lipinski definition) is 1. The molecule has 0 bridgehead atoms. The Kier molecular flexibility index (Phi) is 8.61. The van der Waals surface area contributed by atoms with Crippen molar-refractivity contribution >= 4 is 11.6 Å². The zero-order valence-corrected chi connectivity index (χ0v) is 20.7. The molecule has 1 fully saturated rings. The number of carbonyl (C=O) groups is 1. The second kappa shape index (κ2) is 12.2. The average Bonchev–Trinajstić information content (AvgIpc) is 2.90. The molecule has 1 amide bonds. The number of hydrogen-bond acceptors (Lipinski definition) is 7. The van der Waals surface area contributed by atoms with Crippen LogP contribution in [0.3, 0.4) is 0 Å². The van der Waals surface area contributed by atoms with Crippen molar-refractivity contribution in [2.45, 2.75) is 20.3 Å². The Labute approximate surface area is 211 Å². The Bertz CT molecular complexity index is 1210. The van der Waals surface area contributed by atoms with Crippen molar-refractivity contribution in [1.82, 2.24) is 14.9 Å². The van der Waals surface area contributed by atoms with Gasteiger partial charge in [-0.15, -0.1) is 0 Å².